The van der Waals surface area contributed by atoms with Crippen molar-refractivity contribution in [1.29, 1.82) is 0 Å². The van der Waals surface area contributed by atoms with Crippen LogP contribution in [-0.4, -0.2) is 50.9 Å². The Morgan fingerprint density at radius 2 is 1.96 bits per heavy atom. The molecule has 1 atom stereocenters. The van der Waals surface area contributed by atoms with Crippen molar-refractivity contribution >= 4 is 17.5 Å². The van der Waals surface area contributed by atoms with Crippen LogP contribution in [0.1, 0.15) is 26.2 Å². The predicted molar refractivity (Wildman–Crippen MR) is 93.7 cm³/mol. The summed E-state index contributed by atoms with van der Waals surface area (Å²) in [6.45, 7) is 3.61. The van der Waals surface area contributed by atoms with Crippen LogP contribution in [0.25, 0.3) is 0 Å². The fourth-order valence-electron chi connectivity index (χ4n) is 2.37. The molecule has 0 radical (unpaired) electrons. The van der Waals surface area contributed by atoms with Gasteiger partial charge in [-0.05, 0) is 43.5 Å². The van der Waals surface area contributed by atoms with E-state index in [1.165, 1.54) is 0 Å². The van der Waals surface area contributed by atoms with Crippen molar-refractivity contribution in [2.45, 2.75) is 32.3 Å². The summed E-state index contributed by atoms with van der Waals surface area (Å²) >= 11 is 0. The second kappa shape index (κ2) is 10.7. The van der Waals surface area contributed by atoms with Crippen molar-refractivity contribution in [1.82, 2.24) is 5.32 Å². The zero-order chi connectivity index (χ0) is 17.9. The molecule has 1 aliphatic heterocycles. The van der Waals surface area contributed by atoms with Crippen LogP contribution in [0.5, 0.6) is 5.75 Å². The summed E-state index contributed by atoms with van der Waals surface area (Å²) in [5.41, 5.74) is 0.653. The van der Waals surface area contributed by atoms with E-state index in [2.05, 4.69) is 10.6 Å². The van der Waals surface area contributed by atoms with Gasteiger partial charge in [0, 0.05) is 18.8 Å². The van der Waals surface area contributed by atoms with Gasteiger partial charge < -0.3 is 24.8 Å². The average molecular weight is 350 g/mol. The van der Waals surface area contributed by atoms with Crippen molar-refractivity contribution in [2.24, 2.45) is 0 Å². The van der Waals surface area contributed by atoms with Gasteiger partial charge in [0.2, 0.25) is 11.8 Å². The summed E-state index contributed by atoms with van der Waals surface area (Å²) in [7, 11) is 0. The summed E-state index contributed by atoms with van der Waals surface area (Å²) in [6, 6.07) is 7.11. The number of amides is 2. The number of rotatable bonds is 10. The summed E-state index contributed by atoms with van der Waals surface area (Å²) in [6.07, 6.45) is 3.03. The van der Waals surface area contributed by atoms with Gasteiger partial charge in [-0.1, -0.05) is 6.92 Å². The summed E-state index contributed by atoms with van der Waals surface area (Å²) in [5, 5.41) is 5.44. The van der Waals surface area contributed by atoms with E-state index in [0.29, 0.717) is 18.8 Å². The van der Waals surface area contributed by atoms with Gasteiger partial charge in [0.15, 0.2) is 0 Å². The van der Waals surface area contributed by atoms with E-state index in [4.69, 9.17) is 14.2 Å². The van der Waals surface area contributed by atoms with E-state index < -0.39 is 0 Å². The van der Waals surface area contributed by atoms with Crippen LogP contribution >= 0.6 is 0 Å². The van der Waals surface area contributed by atoms with Crippen molar-refractivity contribution in [3.63, 3.8) is 0 Å². The van der Waals surface area contributed by atoms with Gasteiger partial charge in [0.1, 0.15) is 19.0 Å². The zero-order valence-corrected chi connectivity index (χ0v) is 14.6. The Morgan fingerprint density at radius 1 is 1.20 bits per heavy atom. The summed E-state index contributed by atoms with van der Waals surface area (Å²) < 4.78 is 16.0. The molecule has 0 unspecified atom stereocenters. The monoisotopic (exact) mass is 350 g/mol. The third-order valence-electron chi connectivity index (χ3n) is 3.63. The topological polar surface area (TPSA) is 85.9 Å². The number of hydrogen-bond donors (Lipinski definition) is 2. The van der Waals surface area contributed by atoms with Gasteiger partial charge in [-0.2, -0.15) is 0 Å². The van der Waals surface area contributed by atoms with Crippen LogP contribution in [-0.2, 0) is 19.1 Å². The molecule has 1 heterocycles. The van der Waals surface area contributed by atoms with Gasteiger partial charge in [-0.3, -0.25) is 9.59 Å². The highest BCUT2D eigenvalue weighted by Crippen LogP contribution is 2.15. The van der Waals surface area contributed by atoms with Crippen molar-refractivity contribution in [2.75, 3.05) is 38.3 Å². The Balaban J connectivity index is 1.59. The van der Waals surface area contributed by atoms with Crippen LogP contribution in [0.2, 0.25) is 0 Å². The molecule has 1 saturated heterocycles. The molecular formula is C18H26N2O5. The first-order chi connectivity index (χ1) is 12.2. The molecule has 1 aromatic rings. The standard InChI is InChI=1S/C18H26N2O5/c1-2-9-24-15-7-5-14(6-8-15)20-18(22)13-23-12-17(21)19-11-16-4-3-10-25-16/h5-8,16H,2-4,9-13H2,1H3,(H,19,21)(H,20,22)/t16-/m1/s1. The molecule has 2 rings (SSSR count). The highest BCUT2D eigenvalue weighted by molar-refractivity contribution is 5.91. The second-order valence-corrected chi connectivity index (χ2v) is 5.85. The molecular weight excluding hydrogens is 324 g/mol. The Hall–Kier alpha value is -2.12. The summed E-state index contributed by atoms with van der Waals surface area (Å²) in [4.78, 5) is 23.4. The third-order valence-corrected chi connectivity index (χ3v) is 3.63. The first kappa shape index (κ1) is 19.2. The minimum Gasteiger partial charge on any atom is -0.494 e. The highest BCUT2D eigenvalue weighted by Gasteiger charge is 2.16. The van der Waals surface area contributed by atoms with Crippen molar-refractivity contribution < 1.29 is 23.8 Å². The van der Waals surface area contributed by atoms with E-state index in [-0.39, 0.29) is 31.1 Å². The number of ether oxygens (including phenoxy) is 3. The van der Waals surface area contributed by atoms with Crippen molar-refractivity contribution in [3.8, 4) is 5.75 Å². The van der Waals surface area contributed by atoms with Crippen LogP contribution in [0.15, 0.2) is 24.3 Å². The number of hydrogen-bond acceptors (Lipinski definition) is 5. The van der Waals surface area contributed by atoms with E-state index in [1.54, 1.807) is 24.3 Å². The predicted octanol–water partition coefficient (Wildman–Crippen LogP) is 1.73. The Labute approximate surface area is 148 Å². The molecule has 2 N–H and O–H groups in total. The second-order valence-electron chi connectivity index (χ2n) is 5.85. The molecule has 1 fully saturated rings. The molecule has 138 valence electrons. The third kappa shape index (κ3) is 7.53. The summed E-state index contributed by atoms with van der Waals surface area (Å²) in [5.74, 6) is 0.203. The minimum absolute atomic E-state index is 0.0940. The van der Waals surface area contributed by atoms with Gasteiger partial charge >= 0.3 is 0 Å². The number of nitrogens with one attached hydrogen (secondary N) is 2. The molecule has 7 heteroatoms. The SMILES string of the molecule is CCCOc1ccc(NC(=O)COCC(=O)NC[C@H]2CCCO2)cc1. The normalized spacial score (nSPS) is 16.4. The van der Waals surface area contributed by atoms with Gasteiger partial charge in [0.25, 0.3) is 0 Å². The van der Waals surface area contributed by atoms with Crippen LogP contribution in [0.4, 0.5) is 5.69 Å². The number of anilines is 1. The quantitative estimate of drug-likeness (QED) is 0.671. The number of benzene rings is 1. The fraction of sp³-hybridized carbons (Fsp3) is 0.556. The lowest BCUT2D eigenvalue weighted by Crippen LogP contribution is -2.35. The maximum Gasteiger partial charge on any atom is 0.250 e. The first-order valence-electron chi connectivity index (χ1n) is 8.66. The van der Waals surface area contributed by atoms with E-state index in [1.807, 2.05) is 6.92 Å². The maximum atomic E-state index is 11.8. The Morgan fingerprint density at radius 3 is 2.64 bits per heavy atom. The van der Waals surface area contributed by atoms with Crippen LogP contribution < -0.4 is 15.4 Å². The number of carbonyl (C=O) groups is 2. The lowest BCUT2D eigenvalue weighted by atomic mass is 10.2. The van der Waals surface area contributed by atoms with Gasteiger partial charge in [0.05, 0.1) is 12.7 Å². The Kier molecular flexibility index (Phi) is 8.21. The maximum absolute atomic E-state index is 11.8. The fourth-order valence-corrected chi connectivity index (χ4v) is 2.37. The molecule has 1 aliphatic rings. The lowest BCUT2D eigenvalue weighted by molar-refractivity contribution is -0.129. The average Bonchev–Trinajstić information content (AvgIpc) is 3.13. The van der Waals surface area contributed by atoms with Gasteiger partial charge in [-0.15, -0.1) is 0 Å². The molecule has 0 aromatic heterocycles. The largest absolute Gasteiger partial charge is 0.494 e. The minimum atomic E-state index is -0.311. The molecule has 1 aromatic carbocycles. The van der Waals surface area contributed by atoms with E-state index in [9.17, 15) is 9.59 Å². The van der Waals surface area contributed by atoms with E-state index >= 15 is 0 Å². The molecule has 2 amide bonds. The van der Waals surface area contributed by atoms with E-state index in [0.717, 1.165) is 31.6 Å². The highest BCUT2D eigenvalue weighted by atomic mass is 16.5. The lowest BCUT2D eigenvalue weighted by Gasteiger charge is -2.11. The molecule has 0 bridgehead atoms. The molecule has 0 saturated carbocycles. The van der Waals surface area contributed by atoms with Crippen LogP contribution in [0, 0.1) is 0 Å². The molecule has 25 heavy (non-hydrogen) atoms. The van der Waals surface area contributed by atoms with Crippen LogP contribution in [0.3, 0.4) is 0 Å². The smallest absolute Gasteiger partial charge is 0.250 e. The Bertz CT molecular complexity index is 541. The zero-order valence-electron chi connectivity index (χ0n) is 14.6. The van der Waals surface area contributed by atoms with Crippen molar-refractivity contribution in [3.05, 3.63) is 24.3 Å². The van der Waals surface area contributed by atoms with Gasteiger partial charge in [-0.25, -0.2) is 0 Å². The first-order valence-corrected chi connectivity index (χ1v) is 8.66. The molecule has 0 spiro atoms. The number of carbonyl (C=O) groups excluding carboxylic acids is 2. The molecule has 7 nitrogen and oxygen atoms in total. The molecule has 0 aliphatic carbocycles.